The molecule has 3 nitrogen and oxygen atoms in total. The molecule has 0 radical (unpaired) electrons. The maximum Gasteiger partial charge on any atom is 0.311 e. The Morgan fingerprint density at radius 1 is 1.14 bits per heavy atom. The van der Waals surface area contributed by atoms with Gasteiger partial charge < -0.3 is 9.84 Å². The van der Waals surface area contributed by atoms with Gasteiger partial charge in [-0.05, 0) is 49.1 Å². The zero-order valence-corrected chi connectivity index (χ0v) is 12.6. The molecular weight excluding hydrogens is 264 g/mol. The summed E-state index contributed by atoms with van der Waals surface area (Å²) in [6.45, 7) is 3.97. The number of methoxy groups -OCH3 is 1. The zero-order valence-electron chi connectivity index (χ0n) is 12.6. The molecule has 0 saturated heterocycles. The molecule has 1 atom stereocenters. The molecule has 0 aliphatic rings. The lowest BCUT2D eigenvalue weighted by molar-refractivity contribution is -0.138. The smallest absolute Gasteiger partial charge is 0.311 e. The van der Waals surface area contributed by atoms with E-state index >= 15 is 0 Å². The molecule has 21 heavy (non-hydrogen) atoms. The molecule has 110 valence electrons. The van der Waals surface area contributed by atoms with Gasteiger partial charge in [0.2, 0.25) is 0 Å². The molecule has 3 heteroatoms. The van der Waals surface area contributed by atoms with Crippen molar-refractivity contribution in [3.05, 3.63) is 64.7 Å². The van der Waals surface area contributed by atoms with Gasteiger partial charge in [-0.2, -0.15) is 0 Å². The molecule has 1 N–H and O–H groups in total. The van der Waals surface area contributed by atoms with Crippen LogP contribution in [0.5, 0.6) is 5.75 Å². The summed E-state index contributed by atoms with van der Waals surface area (Å²) in [5.74, 6) is -0.547. The molecule has 0 spiro atoms. The fourth-order valence-corrected chi connectivity index (χ4v) is 2.54. The van der Waals surface area contributed by atoms with Crippen molar-refractivity contribution in [3.63, 3.8) is 0 Å². The van der Waals surface area contributed by atoms with E-state index < -0.39 is 11.9 Å². The summed E-state index contributed by atoms with van der Waals surface area (Å²) in [5.41, 5.74) is 4.04. The molecule has 2 aromatic rings. The van der Waals surface area contributed by atoms with E-state index in [9.17, 15) is 9.90 Å². The van der Waals surface area contributed by atoms with Crippen molar-refractivity contribution in [1.82, 2.24) is 0 Å². The van der Waals surface area contributed by atoms with Crippen LogP contribution in [-0.4, -0.2) is 18.2 Å². The van der Waals surface area contributed by atoms with Crippen LogP contribution in [0.15, 0.2) is 42.5 Å². The molecule has 0 amide bonds. The largest absolute Gasteiger partial charge is 0.497 e. The van der Waals surface area contributed by atoms with Crippen LogP contribution in [0.1, 0.15) is 28.2 Å². The molecule has 0 fully saturated rings. The molecule has 0 aliphatic carbocycles. The molecule has 0 aromatic heterocycles. The number of carboxylic acid groups (broad SMARTS) is 1. The van der Waals surface area contributed by atoms with Crippen molar-refractivity contribution in [3.8, 4) is 5.75 Å². The highest BCUT2D eigenvalue weighted by Gasteiger charge is 2.22. The first-order chi connectivity index (χ1) is 10.0. The Balaban J connectivity index is 2.28. The van der Waals surface area contributed by atoms with Gasteiger partial charge in [-0.1, -0.05) is 35.9 Å². The molecule has 2 rings (SSSR count). The fraction of sp³-hybridized carbons (Fsp3) is 0.278. The van der Waals surface area contributed by atoms with Gasteiger partial charge in [0.15, 0.2) is 0 Å². The highest BCUT2D eigenvalue weighted by molar-refractivity contribution is 5.77. The fourth-order valence-electron chi connectivity index (χ4n) is 2.54. The second kappa shape index (κ2) is 6.44. The maximum absolute atomic E-state index is 11.6. The van der Waals surface area contributed by atoms with Gasteiger partial charge in [0.25, 0.3) is 0 Å². The second-order valence-electron chi connectivity index (χ2n) is 5.30. The predicted octanol–water partition coefficient (Wildman–Crippen LogP) is 3.72. The van der Waals surface area contributed by atoms with E-state index in [2.05, 4.69) is 0 Å². The third-order valence-electron chi connectivity index (χ3n) is 3.70. The van der Waals surface area contributed by atoms with Crippen molar-refractivity contribution in [2.24, 2.45) is 0 Å². The van der Waals surface area contributed by atoms with Crippen LogP contribution in [0.25, 0.3) is 0 Å². The summed E-state index contributed by atoms with van der Waals surface area (Å²) >= 11 is 0. The van der Waals surface area contributed by atoms with Crippen LogP contribution >= 0.6 is 0 Å². The summed E-state index contributed by atoms with van der Waals surface area (Å²) in [7, 11) is 1.62. The lowest BCUT2D eigenvalue weighted by Gasteiger charge is -2.16. The monoisotopic (exact) mass is 284 g/mol. The third-order valence-corrected chi connectivity index (χ3v) is 3.70. The summed E-state index contributed by atoms with van der Waals surface area (Å²) in [4.78, 5) is 11.6. The minimum Gasteiger partial charge on any atom is -0.497 e. The first-order valence-electron chi connectivity index (χ1n) is 6.94. The maximum atomic E-state index is 11.6. The number of aliphatic carboxylic acids is 1. The topological polar surface area (TPSA) is 46.5 Å². The number of rotatable bonds is 5. The van der Waals surface area contributed by atoms with Gasteiger partial charge in [-0.3, -0.25) is 4.79 Å². The number of benzene rings is 2. The molecule has 0 saturated carbocycles. The van der Waals surface area contributed by atoms with Crippen molar-refractivity contribution >= 4 is 5.97 Å². The minimum atomic E-state index is -0.794. The number of hydrogen-bond acceptors (Lipinski definition) is 2. The van der Waals surface area contributed by atoms with Gasteiger partial charge in [0.05, 0.1) is 13.0 Å². The average molecular weight is 284 g/mol. The molecule has 0 aliphatic heterocycles. The standard InChI is InChI=1S/C18H20O3/c1-12-4-9-16(13(2)10-12)17(18(19)20)11-14-5-7-15(21-3)8-6-14/h4-10,17H,11H2,1-3H3,(H,19,20). The van der Waals surface area contributed by atoms with E-state index in [1.807, 2.05) is 56.3 Å². The minimum absolute atomic E-state index is 0.475. The van der Waals surface area contributed by atoms with Crippen molar-refractivity contribution < 1.29 is 14.6 Å². The first-order valence-corrected chi connectivity index (χ1v) is 6.94. The van der Waals surface area contributed by atoms with Crippen molar-refractivity contribution in [2.75, 3.05) is 7.11 Å². The summed E-state index contributed by atoms with van der Waals surface area (Å²) in [5, 5.41) is 9.56. The third kappa shape index (κ3) is 3.63. The Bertz CT molecular complexity index is 629. The Morgan fingerprint density at radius 2 is 1.81 bits per heavy atom. The van der Waals surface area contributed by atoms with E-state index in [1.165, 1.54) is 0 Å². The lowest BCUT2D eigenvalue weighted by atomic mass is 9.88. The van der Waals surface area contributed by atoms with E-state index in [-0.39, 0.29) is 0 Å². The number of aryl methyl sites for hydroxylation is 2. The Labute approximate surface area is 125 Å². The quantitative estimate of drug-likeness (QED) is 0.910. The van der Waals surface area contributed by atoms with Crippen molar-refractivity contribution in [2.45, 2.75) is 26.2 Å². The second-order valence-corrected chi connectivity index (χ2v) is 5.30. The lowest BCUT2D eigenvalue weighted by Crippen LogP contribution is -2.15. The first kappa shape index (κ1) is 15.1. The normalized spacial score (nSPS) is 12.0. The van der Waals surface area contributed by atoms with Crippen LogP contribution in [0.3, 0.4) is 0 Å². The van der Waals surface area contributed by atoms with Gasteiger partial charge in [0.1, 0.15) is 5.75 Å². The SMILES string of the molecule is COc1ccc(CC(C(=O)O)c2ccc(C)cc2C)cc1. The highest BCUT2D eigenvalue weighted by Crippen LogP contribution is 2.26. The summed E-state index contributed by atoms with van der Waals surface area (Å²) in [6.07, 6.45) is 0.475. The van der Waals surface area contributed by atoms with E-state index in [4.69, 9.17) is 4.74 Å². The van der Waals surface area contributed by atoms with E-state index in [1.54, 1.807) is 7.11 Å². The van der Waals surface area contributed by atoms with Gasteiger partial charge >= 0.3 is 5.97 Å². The van der Waals surface area contributed by atoms with E-state index in [0.717, 1.165) is 28.0 Å². The Morgan fingerprint density at radius 3 is 2.33 bits per heavy atom. The summed E-state index contributed by atoms with van der Waals surface area (Å²) in [6, 6.07) is 13.5. The molecule has 0 heterocycles. The number of ether oxygens (including phenoxy) is 1. The van der Waals surface area contributed by atoms with Gasteiger partial charge in [0, 0.05) is 0 Å². The average Bonchev–Trinajstić information content (AvgIpc) is 2.46. The Hall–Kier alpha value is -2.29. The van der Waals surface area contributed by atoms with Gasteiger partial charge in [-0.15, -0.1) is 0 Å². The van der Waals surface area contributed by atoms with Crippen LogP contribution in [0, 0.1) is 13.8 Å². The zero-order chi connectivity index (χ0) is 15.4. The van der Waals surface area contributed by atoms with Crippen LogP contribution in [-0.2, 0) is 11.2 Å². The molecule has 0 bridgehead atoms. The Kier molecular flexibility index (Phi) is 4.63. The van der Waals surface area contributed by atoms with E-state index in [0.29, 0.717) is 6.42 Å². The number of carbonyl (C=O) groups is 1. The van der Waals surface area contributed by atoms with Crippen molar-refractivity contribution in [1.29, 1.82) is 0 Å². The molecule has 1 unspecified atom stereocenters. The number of hydrogen-bond donors (Lipinski definition) is 1. The number of carboxylic acids is 1. The molecular formula is C18H20O3. The van der Waals surface area contributed by atoms with Gasteiger partial charge in [-0.25, -0.2) is 0 Å². The van der Waals surface area contributed by atoms with Crippen LogP contribution in [0.2, 0.25) is 0 Å². The highest BCUT2D eigenvalue weighted by atomic mass is 16.5. The summed E-state index contributed by atoms with van der Waals surface area (Å²) < 4.78 is 5.12. The van der Waals surface area contributed by atoms with Crippen LogP contribution in [0.4, 0.5) is 0 Å². The molecule has 2 aromatic carbocycles. The predicted molar refractivity (Wildman–Crippen MR) is 83.0 cm³/mol. The van der Waals surface area contributed by atoms with Crippen LogP contribution < -0.4 is 4.74 Å².